The van der Waals surface area contributed by atoms with Gasteiger partial charge in [-0.3, -0.25) is 10.1 Å². The minimum Gasteiger partial charge on any atom is -0.320 e. The predicted octanol–water partition coefficient (Wildman–Crippen LogP) is 2.26. The minimum absolute atomic E-state index is 0.190. The van der Waals surface area contributed by atoms with E-state index < -0.39 is 29.1 Å². The summed E-state index contributed by atoms with van der Waals surface area (Å²) in [5, 5.41) is 10.5. The molecule has 0 aliphatic rings. The summed E-state index contributed by atoms with van der Waals surface area (Å²) in [6.45, 7) is 1.07. The van der Waals surface area contributed by atoms with Gasteiger partial charge in [-0.2, -0.15) is 0 Å². The first-order valence-corrected chi connectivity index (χ1v) is 4.74. The zero-order chi connectivity index (χ0) is 13.2. The van der Waals surface area contributed by atoms with Gasteiger partial charge in [0.25, 0.3) is 12.1 Å². The average Bonchev–Trinajstić information content (AvgIpc) is 2.20. The van der Waals surface area contributed by atoms with E-state index in [1.54, 1.807) is 0 Å². The predicted molar refractivity (Wildman–Crippen MR) is 55.4 cm³/mol. The van der Waals surface area contributed by atoms with Crippen molar-refractivity contribution in [3.05, 3.63) is 39.7 Å². The number of nitrogens with two attached hydrogens (primary N) is 1. The summed E-state index contributed by atoms with van der Waals surface area (Å²) in [5.41, 5.74) is 2.83. The van der Waals surface area contributed by atoms with Gasteiger partial charge in [-0.1, -0.05) is 0 Å². The molecule has 94 valence electrons. The number of halogens is 3. The number of alkyl halides is 2. The SMILES string of the molecule is CC(N)(Cc1cc([N+](=O)[O-])ccc1F)C(F)F. The minimum atomic E-state index is -2.85. The van der Waals surface area contributed by atoms with E-state index in [4.69, 9.17) is 5.73 Å². The lowest BCUT2D eigenvalue weighted by molar-refractivity contribution is -0.385. The Hall–Kier alpha value is -1.63. The van der Waals surface area contributed by atoms with Crippen LogP contribution < -0.4 is 5.73 Å². The number of hydrogen-bond acceptors (Lipinski definition) is 3. The van der Waals surface area contributed by atoms with E-state index in [0.717, 1.165) is 25.1 Å². The molecule has 0 aromatic heterocycles. The van der Waals surface area contributed by atoms with Crippen molar-refractivity contribution in [2.45, 2.75) is 25.3 Å². The molecule has 2 N–H and O–H groups in total. The Balaban J connectivity index is 3.06. The number of nitro benzene ring substituents is 1. The maximum atomic E-state index is 13.3. The van der Waals surface area contributed by atoms with E-state index in [1.807, 2.05) is 0 Å². The van der Waals surface area contributed by atoms with E-state index in [9.17, 15) is 23.3 Å². The third-order valence-electron chi connectivity index (χ3n) is 2.31. The topological polar surface area (TPSA) is 69.2 Å². The fourth-order valence-electron chi connectivity index (χ4n) is 1.30. The second-order valence-electron chi connectivity index (χ2n) is 4.02. The number of non-ortho nitro benzene ring substituents is 1. The maximum Gasteiger partial charge on any atom is 0.269 e. The van der Waals surface area contributed by atoms with Crippen molar-refractivity contribution in [1.29, 1.82) is 0 Å². The Labute approximate surface area is 95.4 Å². The summed E-state index contributed by atoms with van der Waals surface area (Å²) in [7, 11) is 0. The number of benzene rings is 1. The molecule has 0 saturated heterocycles. The molecule has 1 aromatic carbocycles. The largest absolute Gasteiger partial charge is 0.320 e. The lowest BCUT2D eigenvalue weighted by Gasteiger charge is -2.23. The molecule has 0 fully saturated rings. The molecule has 0 bridgehead atoms. The van der Waals surface area contributed by atoms with Gasteiger partial charge in [0.05, 0.1) is 10.5 Å². The van der Waals surface area contributed by atoms with Gasteiger partial charge in [-0.05, 0) is 25.0 Å². The van der Waals surface area contributed by atoms with Crippen LogP contribution in [0.2, 0.25) is 0 Å². The van der Waals surface area contributed by atoms with Crippen molar-refractivity contribution < 1.29 is 18.1 Å². The summed E-state index contributed by atoms with van der Waals surface area (Å²) in [6.07, 6.45) is -3.32. The second-order valence-corrected chi connectivity index (χ2v) is 4.02. The number of nitrogens with zero attached hydrogens (tertiary/aromatic N) is 1. The van der Waals surface area contributed by atoms with Crippen LogP contribution in [0.4, 0.5) is 18.9 Å². The van der Waals surface area contributed by atoms with Gasteiger partial charge in [0.1, 0.15) is 5.82 Å². The standard InChI is InChI=1S/C10H11F3N2O2/c1-10(14,9(12)13)5-6-4-7(15(16)17)2-3-8(6)11/h2-4,9H,5,14H2,1H3. The molecule has 0 heterocycles. The molecule has 7 heteroatoms. The van der Waals surface area contributed by atoms with Crippen LogP contribution in [-0.4, -0.2) is 16.9 Å². The molecular weight excluding hydrogens is 237 g/mol. The van der Waals surface area contributed by atoms with E-state index in [-0.39, 0.29) is 11.3 Å². The van der Waals surface area contributed by atoms with Crippen LogP contribution in [0.1, 0.15) is 12.5 Å². The summed E-state index contributed by atoms with van der Waals surface area (Å²) in [4.78, 5) is 9.74. The summed E-state index contributed by atoms with van der Waals surface area (Å²) in [5.74, 6) is -0.784. The first kappa shape index (κ1) is 13.4. The molecule has 0 amide bonds. The average molecular weight is 248 g/mol. The van der Waals surface area contributed by atoms with E-state index >= 15 is 0 Å². The van der Waals surface area contributed by atoms with Gasteiger partial charge < -0.3 is 5.73 Å². The van der Waals surface area contributed by atoms with Crippen LogP contribution in [0.15, 0.2) is 18.2 Å². The van der Waals surface area contributed by atoms with Crippen molar-refractivity contribution >= 4 is 5.69 Å². The van der Waals surface area contributed by atoms with Crippen molar-refractivity contribution in [1.82, 2.24) is 0 Å². The van der Waals surface area contributed by atoms with E-state index in [0.29, 0.717) is 0 Å². The highest BCUT2D eigenvalue weighted by Crippen LogP contribution is 2.23. The molecule has 0 saturated carbocycles. The molecule has 4 nitrogen and oxygen atoms in total. The van der Waals surface area contributed by atoms with Gasteiger partial charge in [-0.25, -0.2) is 13.2 Å². The molecule has 0 aliphatic carbocycles. The molecule has 0 aliphatic heterocycles. The number of rotatable bonds is 4. The first-order chi connectivity index (χ1) is 7.74. The third-order valence-corrected chi connectivity index (χ3v) is 2.31. The highest BCUT2D eigenvalue weighted by Gasteiger charge is 2.31. The zero-order valence-electron chi connectivity index (χ0n) is 8.99. The zero-order valence-corrected chi connectivity index (χ0v) is 8.99. The van der Waals surface area contributed by atoms with Gasteiger partial charge in [0, 0.05) is 12.1 Å². The van der Waals surface area contributed by atoms with E-state index in [2.05, 4.69) is 0 Å². The fourth-order valence-corrected chi connectivity index (χ4v) is 1.30. The van der Waals surface area contributed by atoms with Gasteiger partial charge in [0.2, 0.25) is 0 Å². The molecular formula is C10H11F3N2O2. The van der Waals surface area contributed by atoms with Gasteiger partial charge in [0.15, 0.2) is 0 Å². The number of hydrogen-bond donors (Lipinski definition) is 1. The Kier molecular flexibility index (Phi) is 3.72. The monoisotopic (exact) mass is 248 g/mol. The molecule has 1 unspecified atom stereocenters. The smallest absolute Gasteiger partial charge is 0.269 e. The van der Waals surface area contributed by atoms with Crippen molar-refractivity contribution in [3.63, 3.8) is 0 Å². The quantitative estimate of drug-likeness (QED) is 0.656. The lowest BCUT2D eigenvalue weighted by atomic mass is 9.94. The maximum absolute atomic E-state index is 13.3. The summed E-state index contributed by atoms with van der Waals surface area (Å²) >= 11 is 0. The fraction of sp³-hybridized carbons (Fsp3) is 0.400. The Morgan fingerprint density at radius 2 is 2.12 bits per heavy atom. The normalized spacial score (nSPS) is 14.7. The molecule has 0 radical (unpaired) electrons. The van der Waals surface area contributed by atoms with Gasteiger partial charge in [-0.15, -0.1) is 0 Å². The first-order valence-electron chi connectivity index (χ1n) is 4.74. The Morgan fingerprint density at radius 3 is 2.59 bits per heavy atom. The summed E-state index contributed by atoms with van der Waals surface area (Å²) < 4.78 is 38.3. The van der Waals surface area contributed by atoms with Gasteiger partial charge >= 0.3 is 0 Å². The van der Waals surface area contributed by atoms with E-state index in [1.165, 1.54) is 0 Å². The Morgan fingerprint density at radius 1 is 1.53 bits per heavy atom. The summed E-state index contributed by atoms with van der Waals surface area (Å²) in [6, 6.07) is 2.76. The molecule has 1 atom stereocenters. The van der Waals surface area contributed by atoms with Crippen LogP contribution in [0.25, 0.3) is 0 Å². The van der Waals surface area contributed by atoms with Crippen LogP contribution in [0.5, 0.6) is 0 Å². The molecule has 1 aromatic rings. The number of nitro groups is 1. The molecule has 0 spiro atoms. The highest BCUT2D eigenvalue weighted by molar-refractivity contribution is 5.36. The second kappa shape index (κ2) is 4.70. The highest BCUT2D eigenvalue weighted by atomic mass is 19.3. The Bertz CT molecular complexity index is 436. The van der Waals surface area contributed by atoms with Crippen LogP contribution >= 0.6 is 0 Å². The molecule has 1 rings (SSSR count). The van der Waals surface area contributed by atoms with Crippen LogP contribution in [0, 0.1) is 15.9 Å². The van der Waals surface area contributed by atoms with Crippen LogP contribution in [0.3, 0.4) is 0 Å². The van der Waals surface area contributed by atoms with Crippen molar-refractivity contribution in [2.24, 2.45) is 5.73 Å². The third kappa shape index (κ3) is 3.16. The van der Waals surface area contributed by atoms with Crippen LogP contribution in [-0.2, 0) is 6.42 Å². The molecule has 17 heavy (non-hydrogen) atoms. The van der Waals surface area contributed by atoms with Crippen molar-refractivity contribution in [2.75, 3.05) is 0 Å². The van der Waals surface area contributed by atoms with Crippen molar-refractivity contribution in [3.8, 4) is 0 Å². The lowest BCUT2D eigenvalue weighted by Crippen LogP contribution is -2.46.